The summed E-state index contributed by atoms with van der Waals surface area (Å²) in [5.41, 5.74) is 4.51. The normalized spacial score (nSPS) is 24.0. The van der Waals surface area contributed by atoms with Crippen molar-refractivity contribution < 1.29 is 9.15 Å². The van der Waals surface area contributed by atoms with E-state index in [9.17, 15) is 4.79 Å². The molecule has 0 amide bonds. The smallest absolute Gasteiger partial charge is 0.291 e. The summed E-state index contributed by atoms with van der Waals surface area (Å²) in [7, 11) is 1.54. The van der Waals surface area contributed by atoms with Gasteiger partial charge in [0.1, 0.15) is 5.76 Å². The van der Waals surface area contributed by atoms with Gasteiger partial charge in [-0.05, 0) is 48.0 Å². The largest absolute Gasteiger partial charge is 0.468 e. The lowest BCUT2D eigenvalue weighted by atomic mass is 9.64. The summed E-state index contributed by atoms with van der Waals surface area (Å²) < 4.78 is 11.5. The summed E-state index contributed by atoms with van der Waals surface area (Å²) in [6.07, 6.45) is 7.68. The summed E-state index contributed by atoms with van der Waals surface area (Å²) >= 11 is 0. The summed E-state index contributed by atoms with van der Waals surface area (Å²) in [5, 5.41) is 0. The molecule has 1 aliphatic carbocycles. The van der Waals surface area contributed by atoms with Crippen LogP contribution in [0.5, 0.6) is 5.95 Å². The molecular weight excluding hydrogens is 312 g/mol. The van der Waals surface area contributed by atoms with Crippen LogP contribution in [0.1, 0.15) is 57.9 Å². The molecule has 1 aliphatic rings. The molecule has 0 saturated carbocycles. The molecule has 0 saturated heterocycles. The molecule has 3 heteroatoms. The fraction of sp³-hybridized carbons (Fsp3) is 0.500. The van der Waals surface area contributed by atoms with Crippen LogP contribution in [-0.4, -0.2) is 7.11 Å². The van der Waals surface area contributed by atoms with Crippen LogP contribution in [0.3, 0.4) is 0 Å². The number of ether oxygens (including phenoxy) is 1. The second-order valence-electron chi connectivity index (χ2n) is 7.35. The molecule has 0 aromatic carbocycles. The lowest BCUT2D eigenvalue weighted by molar-refractivity contribution is 0.249. The van der Waals surface area contributed by atoms with Gasteiger partial charge in [-0.2, -0.15) is 0 Å². The Bertz CT molecular complexity index is 820. The van der Waals surface area contributed by atoms with E-state index >= 15 is 0 Å². The van der Waals surface area contributed by atoms with Gasteiger partial charge in [0, 0.05) is 11.5 Å². The van der Waals surface area contributed by atoms with Crippen molar-refractivity contribution in [3.8, 4) is 5.95 Å². The van der Waals surface area contributed by atoms with E-state index in [4.69, 9.17) is 9.15 Å². The maximum atomic E-state index is 12.7. The topological polar surface area (TPSA) is 39.4 Å². The van der Waals surface area contributed by atoms with Gasteiger partial charge in [0.05, 0.1) is 18.1 Å². The average Bonchev–Trinajstić information content (AvgIpc) is 2.52. The van der Waals surface area contributed by atoms with Crippen LogP contribution in [0.25, 0.3) is 0 Å². The Hall–Kier alpha value is -2.03. The maximum Gasteiger partial charge on any atom is 0.291 e. The Balaban J connectivity index is 2.81. The highest BCUT2D eigenvalue weighted by molar-refractivity contribution is 5.46. The summed E-state index contributed by atoms with van der Waals surface area (Å²) in [4.78, 5) is 12.7. The first-order chi connectivity index (χ1) is 11.7. The van der Waals surface area contributed by atoms with Crippen molar-refractivity contribution in [1.29, 1.82) is 0 Å². The second-order valence-corrected chi connectivity index (χ2v) is 7.35. The Labute approximate surface area is 151 Å². The van der Waals surface area contributed by atoms with E-state index in [2.05, 4.69) is 52.8 Å². The van der Waals surface area contributed by atoms with Gasteiger partial charge in [-0.25, -0.2) is 0 Å². The summed E-state index contributed by atoms with van der Waals surface area (Å²) in [6, 6.07) is 0. The third-order valence-electron chi connectivity index (χ3n) is 5.22. The third-order valence-corrected chi connectivity index (χ3v) is 5.22. The van der Waals surface area contributed by atoms with Gasteiger partial charge in [-0.3, -0.25) is 4.79 Å². The number of rotatable bonds is 4. The first-order valence-electron chi connectivity index (χ1n) is 8.90. The highest BCUT2D eigenvalue weighted by atomic mass is 16.6. The molecule has 25 heavy (non-hydrogen) atoms. The van der Waals surface area contributed by atoms with Gasteiger partial charge in [-0.15, -0.1) is 0 Å². The summed E-state index contributed by atoms with van der Waals surface area (Å²) in [5.74, 6) is 1.16. The molecule has 0 aliphatic heterocycles. The Morgan fingerprint density at radius 2 is 1.92 bits per heavy atom. The Kier molecular flexibility index (Phi) is 5.46. The van der Waals surface area contributed by atoms with Crippen LogP contribution in [-0.2, 0) is 5.41 Å². The Morgan fingerprint density at radius 1 is 1.28 bits per heavy atom. The van der Waals surface area contributed by atoms with Gasteiger partial charge in [0.15, 0.2) is 5.43 Å². The molecule has 1 heterocycles. The highest BCUT2D eigenvalue weighted by Crippen LogP contribution is 2.47. The SMILES string of the molecule is CC/C=C(\C)[C@H]1C(C)=CC(C)=C[C@]1(C)c1oc(OC)c(C)c(=O)c1C. The van der Waals surface area contributed by atoms with E-state index < -0.39 is 5.41 Å². The van der Waals surface area contributed by atoms with Crippen molar-refractivity contribution in [2.75, 3.05) is 7.11 Å². The number of allylic oxidation sites excluding steroid dienone is 6. The predicted octanol–water partition coefficient (Wildman–Crippen LogP) is 5.40. The van der Waals surface area contributed by atoms with Crippen LogP contribution in [0.15, 0.2) is 44.2 Å². The highest BCUT2D eigenvalue weighted by Gasteiger charge is 2.42. The quantitative estimate of drug-likeness (QED) is 0.688. The van der Waals surface area contributed by atoms with Crippen LogP contribution in [0, 0.1) is 19.8 Å². The fourth-order valence-corrected chi connectivity index (χ4v) is 4.41. The zero-order chi connectivity index (χ0) is 18.9. The lowest BCUT2D eigenvalue weighted by Gasteiger charge is -2.40. The van der Waals surface area contributed by atoms with Crippen molar-refractivity contribution in [1.82, 2.24) is 0 Å². The van der Waals surface area contributed by atoms with Crippen LogP contribution >= 0.6 is 0 Å². The first-order valence-corrected chi connectivity index (χ1v) is 8.90. The zero-order valence-corrected chi connectivity index (χ0v) is 16.7. The van der Waals surface area contributed by atoms with Crippen molar-refractivity contribution in [2.24, 2.45) is 5.92 Å². The predicted molar refractivity (Wildman–Crippen MR) is 103 cm³/mol. The lowest BCUT2D eigenvalue weighted by Crippen LogP contribution is -2.36. The van der Waals surface area contributed by atoms with E-state index in [1.165, 1.54) is 16.7 Å². The standard InChI is InChI=1S/C22H30O3/c1-9-10-14(3)18-15(4)11-13(2)12-22(18,7)20-16(5)19(23)17(6)21(24-8)25-20/h10-12,18H,9H2,1-8H3/b14-10+/t18-,22-/m0/s1. The number of hydrogen-bond donors (Lipinski definition) is 0. The minimum atomic E-state index is -0.428. The minimum absolute atomic E-state index is 0.00606. The fourth-order valence-electron chi connectivity index (χ4n) is 4.41. The maximum absolute atomic E-state index is 12.7. The molecular formula is C22H30O3. The molecule has 136 valence electrons. The van der Waals surface area contributed by atoms with Gasteiger partial charge in [-0.1, -0.05) is 41.9 Å². The van der Waals surface area contributed by atoms with E-state index in [1.54, 1.807) is 14.0 Å². The van der Waals surface area contributed by atoms with Gasteiger partial charge >= 0.3 is 0 Å². The van der Waals surface area contributed by atoms with Crippen LogP contribution < -0.4 is 10.2 Å². The molecule has 0 bridgehead atoms. The molecule has 0 unspecified atom stereocenters. The molecule has 2 rings (SSSR count). The molecule has 0 radical (unpaired) electrons. The van der Waals surface area contributed by atoms with E-state index in [1.807, 2.05) is 6.92 Å². The molecule has 2 atom stereocenters. The molecule has 1 aromatic heterocycles. The van der Waals surface area contributed by atoms with Crippen molar-refractivity contribution in [2.45, 2.75) is 60.3 Å². The van der Waals surface area contributed by atoms with Gasteiger partial charge in [0.2, 0.25) is 0 Å². The first kappa shape index (κ1) is 19.3. The van der Waals surface area contributed by atoms with Crippen molar-refractivity contribution >= 4 is 0 Å². The van der Waals surface area contributed by atoms with Crippen molar-refractivity contribution in [3.63, 3.8) is 0 Å². The number of hydrogen-bond acceptors (Lipinski definition) is 3. The molecule has 3 nitrogen and oxygen atoms in total. The monoisotopic (exact) mass is 342 g/mol. The van der Waals surface area contributed by atoms with E-state index in [0.29, 0.717) is 22.8 Å². The summed E-state index contributed by atoms with van der Waals surface area (Å²) in [6.45, 7) is 14.3. The van der Waals surface area contributed by atoms with E-state index in [-0.39, 0.29) is 11.3 Å². The molecule has 0 spiro atoms. The van der Waals surface area contributed by atoms with Crippen LogP contribution in [0.2, 0.25) is 0 Å². The second kappa shape index (κ2) is 7.07. The molecule has 0 N–H and O–H groups in total. The average molecular weight is 342 g/mol. The number of methoxy groups -OCH3 is 1. The van der Waals surface area contributed by atoms with Crippen molar-refractivity contribution in [3.05, 3.63) is 62.1 Å². The van der Waals surface area contributed by atoms with Gasteiger partial charge in [0.25, 0.3) is 5.95 Å². The third kappa shape index (κ3) is 3.24. The molecule has 0 fully saturated rings. The minimum Gasteiger partial charge on any atom is -0.468 e. The van der Waals surface area contributed by atoms with E-state index in [0.717, 1.165) is 6.42 Å². The van der Waals surface area contributed by atoms with Crippen LogP contribution in [0.4, 0.5) is 0 Å². The zero-order valence-electron chi connectivity index (χ0n) is 16.7. The molecule has 1 aromatic rings. The Morgan fingerprint density at radius 3 is 2.48 bits per heavy atom. The van der Waals surface area contributed by atoms with Gasteiger partial charge < -0.3 is 9.15 Å².